The Morgan fingerprint density at radius 2 is 1.35 bits per heavy atom. The third-order valence-corrected chi connectivity index (χ3v) is 4.73. The molecule has 0 bridgehead atoms. The molecule has 2 aliphatic carbocycles. The van der Waals surface area contributed by atoms with E-state index in [-0.39, 0.29) is 23.8 Å². The molecule has 3 rings (SSSR count). The van der Waals surface area contributed by atoms with Crippen LogP contribution in [0.25, 0.3) is 0 Å². The van der Waals surface area contributed by atoms with Gasteiger partial charge in [-0.25, -0.2) is 14.6 Å². The lowest BCUT2D eigenvalue weighted by atomic mass is 9.98. The van der Waals surface area contributed by atoms with Crippen molar-refractivity contribution < 1.29 is 28.5 Å². The first-order valence-corrected chi connectivity index (χ1v) is 9.42. The van der Waals surface area contributed by atoms with Crippen molar-refractivity contribution >= 4 is 12.3 Å². The Labute approximate surface area is 153 Å². The Morgan fingerprint density at radius 1 is 0.808 bits per heavy atom. The minimum Gasteiger partial charge on any atom is -0.431 e. The fourth-order valence-corrected chi connectivity index (χ4v) is 3.38. The molecular formula is C19H25NO6. The van der Waals surface area contributed by atoms with Crippen LogP contribution in [0, 0.1) is 0 Å². The molecule has 0 N–H and O–H groups in total. The van der Waals surface area contributed by atoms with Gasteiger partial charge in [-0.05, 0) is 57.4 Å². The second kappa shape index (κ2) is 9.40. The fraction of sp³-hybridized carbons (Fsp3) is 0.632. The lowest BCUT2D eigenvalue weighted by Crippen LogP contribution is -2.23. The highest BCUT2D eigenvalue weighted by atomic mass is 16.7. The van der Waals surface area contributed by atoms with Crippen LogP contribution in [0.3, 0.4) is 0 Å². The van der Waals surface area contributed by atoms with Gasteiger partial charge in [-0.2, -0.15) is 0 Å². The van der Waals surface area contributed by atoms with Crippen LogP contribution in [-0.4, -0.2) is 29.5 Å². The minimum atomic E-state index is -0.786. The lowest BCUT2D eigenvalue weighted by Gasteiger charge is -2.21. The van der Waals surface area contributed by atoms with Crippen molar-refractivity contribution in [3.05, 3.63) is 18.3 Å². The average molecular weight is 363 g/mol. The van der Waals surface area contributed by atoms with E-state index in [1.807, 2.05) is 0 Å². The molecule has 0 atom stereocenters. The molecule has 2 aliphatic rings. The van der Waals surface area contributed by atoms with Gasteiger partial charge >= 0.3 is 12.3 Å². The van der Waals surface area contributed by atoms with Crippen LogP contribution >= 0.6 is 0 Å². The summed E-state index contributed by atoms with van der Waals surface area (Å²) in [5.74, 6) is 0.232. The van der Waals surface area contributed by atoms with Crippen LogP contribution in [0.4, 0.5) is 9.59 Å². The van der Waals surface area contributed by atoms with E-state index >= 15 is 0 Å². The molecule has 0 aliphatic heterocycles. The molecule has 7 nitrogen and oxygen atoms in total. The van der Waals surface area contributed by atoms with Gasteiger partial charge in [0.25, 0.3) is 0 Å². The zero-order chi connectivity index (χ0) is 18.2. The van der Waals surface area contributed by atoms with Crippen molar-refractivity contribution in [2.45, 2.75) is 76.4 Å². The number of nitrogens with zero attached hydrogens (tertiary/aromatic N) is 1. The van der Waals surface area contributed by atoms with Crippen LogP contribution in [0.2, 0.25) is 0 Å². The Morgan fingerprint density at radius 3 is 1.92 bits per heavy atom. The second-order valence-corrected chi connectivity index (χ2v) is 6.79. The predicted molar refractivity (Wildman–Crippen MR) is 92.2 cm³/mol. The minimum absolute atomic E-state index is 0.0220. The van der Waals surface area contributed by atoms with Gasteiger partial charge < -0.3 is 18.9 Å². The standard InChI is InChI=1S/C19H25NO6/c21-18(23-14-7-3-1-4-8-14)25-16-11-12-20-17(13-16)26-19(22)24-15-9-5-2-6-10-15/h11-15H,1-10H2. The Kier molecular flexibility index (Phi) is 6.68. The largest absolute Gasteiger partial charge is 0.515 e. The van der Waals surface area contributed by atoms with Crippen LogP contribution in [-0.2, 0) is 9.47 Å². The first kappa shape index (κ1) is 18.5. The van der Waals surface area contributed by atoms with Crippen molar-refractivity contribution in [3.8, 4) is 11.6 Å². The summed E-state index contributed by atoms with van der Waals surface area (Å²) in [5.41, 5.74) is 0. The summed E-state index contributed by atoms with van der Waals surface area (Å²) >= 11 is 0. The summed E-state index contributed by atoms with van der Waals surface area (Å²) in [6.45, 7) is 0. The number of aromatic nitrogens is 1. The molecule has 1 aromatic rings. The SMILES string of the molecule is O=C(Oc1ccnc(OC(=O)OC2CCCCC2)c1)OC1CCCCC1. The maximum absolute atomic E-state index is 11.9. The highest BCUT2D eigenvalue weighted by molar-refractivity contribution is 5.65. The van der Waals surface area contributed by atoms with Gasteiger partial charge in [0, 0.05) is 12.3 Å². The van der Waals surface area contributed by atoms with E-state index in [9.17, 15) is 9.59 Å². The molecule has 142 valence electrons. The molecule has 0 saturated heterocycles. The number of hydrogen-bond acceptors (Lipinski definition) is 7. The molecule has 2 saturated carbocycles. The number of pyridine rings is 1. The quantitative estimate of drug-likeness (QED) is 0.712. The van der Waals surface area contributed by atoms with Gasteiger partial charge in [-0.1, -0.05) is 12.8 Å². The predicted octanol–water partition coefficient (Wildman–Crippen LogP) is 4.78. The molecule has 7 heteroatoms. The van der Waals surface area contributed by atoms with Crippen LogP contribution < -0.4 is 9.47 Å². The third kappa shape index (κ3) is 5.89. The van der Waals surface area contributed by atoms with Crippen molar-refractivity contribution in [1.82, 2.24) is 4.98 Å². The first-order valence-electron chi connectivity index (χ1n) is 9.42. The van der Waals surface area contributed by atoms with Gasteiger partial charge in [0.1, 0.15) is 18.0 Å². The number of ether oxygens (including phenoxy) is 4. The molecule has 2 fully saturated rings. The molecule has 1 heterocycles. The van der Waals surface area contributed by atoms with Gasteiger partial charge in [0.2, 0.25) is 5.88 Å². The number of carbonyl (C=O) groups excluding carboxylic acids is 2. The van der Waals surface area contributed by atoms with Crippen molar-refractivity contribution in [2.24, 2.45) is 0 Å². The van der Waals surface area contributed by atoms with Gasteiger partial charge in [-0.3, -0.25) is 0 Å². The van der Waals surface area contributed by atoms with Gasteiger partial charge in [0.15, 0.2) is 0 Å². The van der Waals surface area contributed by atoms with Gasteiger partial charge in [-0.15, -0.1) is 0 Å². The number of hydrogen-bond donors (Lipinski definition) is 0. The number of rotatable bonds is 4. The summed E-state index contributed by atoms with van der Waals surface area (Å²) in [6.07, 6.45) is 9.73. The lowest BCUT2D eigenvalue weighted by molar-refractivity contribution is 0.0402. The summed E-state index contributed by atoms with van der Waals surface area (Å²) in [4.78, 5) is 27.7. The van der Waals surface area contributed by atoms with Crippen LogP contribution in [0.5, 0.6) is 11.6 Å². The molecule has 26 heavy (non-hydrogen) atoms. The molecule has 0 aromatic carbocycles. The molecule has 1 aromatic heterocycles. The zero-order valence-electron chi connectivity index (χ0n) is 14.9. The summed E-state index contributed by atoms with van der Waals surface area (Å²) in [5, 5.41) is 0. The van der Waals surface area contributed by atoms with E-state index < -0.39 is 12.3 Å². The average Bonchev–Trinajstić information content (AvgIpc) is 2.63. The van der Waals surface area contributed by atoms with Crippen molar-refractivity contribution in [1.29, 1.82) is 0 Å². The summed E-state index contributed by atoms with van der Waals surface area (Å²) in [7, 11) is 0. The second-order valence-electron chi connectivity index (χ2n) is 6.79. The Bertz CT molecular complexity index is 559. The molecule has 0 unspecified atom stereocenters. The molecular weight excluding hydrogens is 338 g/mol. The molecule has 0 spiro atoms. The maximum atomic E-state index is 11.9. The zero-order valence-corrected chi connectivity index (χ0v) is 14.9. The monoisotopic (exact) mass is 363 g/mol. The Hall–Kier alpha value is -2.31. The van der Waals surface area contributed by atoms with E-state index in [2.05, 4.69) is 4.98 Å². The fourth-order valence-electron chi connectivity index (χ4n) is 3.38. The van der Waals surface area contributed by atoms with Crippen molar-refractivity contribution in [2.75, 3.05) is 0 Å². The van der Waals surface area contributed by atoms with E-state index in [0.717, 1.165) is 51.4 Å². The smallest absolute Gasteiger partial charge is 0.431 e. The number of carbonyl (C=O) groups is 2. The van der Waals surface area contributed by atoms with E-state index in [1.54, 1.807) is 0 Å². The Balaban J connectivity index is 1.47. The highest BCUT2D eigenvalue weighted by Crippen LogP contribution is 2.23. The van der Waals surface area contributed by atoms with E-state index in [1.165, 1.54) is 31.2 Å². The topological polar surface area (TPSA) is 84.0 Å². The van der Waals surface area contributed by atoms with Crippen LogP contribution in [0.15, 0.2) is 18.3 Å². The summed E-state index contributed by atoms with van der Waals surface area (Å²) in [6, 6.07) is 2.87. The summed E-state index contributed by atoms with van der Waals surface area (Å²) < 4.78 is 20.8. The van der Waals surface area contributed by atoms with Crippen molar-refractivity contribution in [3.63, 3.8) is 0 Å². The normalized spacial score (nSPS) is 18.8. The first-order chi connectivity index (χ1) is 12.7. The van der Waals surface area contributed by atoms with E-state index in [0.29, 0.717) is 0 Å². The highest BCUT2D eigenvalue weighted by Gasteiger charge is 2.21. The molecule has 0 amide bonds. The maximum Gasteiger partial charge on any atom is 0.515 e. The van der Waals surface area contributed by atoms with Crippen LogP contribution in [0.1, 0.15) is 64.2 Å². The van der Waals surface area contributed by atoms with Gasteiger partial charge in [0.05, 0.1) is 0 Å². The molecule has 0 radical (unpaired) electrons. The van der Waals surface area contributed by atoms with E-state index in [4.69, 9.17) is 18.9 Å². The third-order valence-electron chi connectivity index (χ3n) is 4.73.